The van der Waals surface area contributed by atoms with E-state index in [1.54, 1.807) is 11.3 Å². The van der Waals surface area contributed by atoms with Crippen molar-refractivity contribution < 1.29 is 0 Å². The van der Waals surface area contributed by atoms with E-state index < -0.39 is 0 Å². The number of aromatic nitrogens is 1. The van der Waals surface area contributed by atoms with Gasteiger partial charge in [-0.25, -0.2) is 4.98 Å². The van der Waals surface area contributed by atoms with E-state index in [4.69, 9.17) is 5.73 Å². The second-order valence-corrected chi connectivity index (χ2v) is 5.88. The van der Waals surface area contributed by atoms with Gasteiger partial charge in [0.2, 0.25) is 0 Å². The molecule has 3 nitrogen and oxygen atoms in total. The van der Waals surface area contributed by atoms with Crippen LogP contribution in [-0.2, 0) is 6.54 Å². The predicted octanol–water partition coefficient (Wildman–Crippen LogP) is 3.50. The Morgan fingerprint density at radius 3 is 2.53 bits per heavy atom. The lowest BCUT2D eigenvalue weighted by Crippen LogP contribution is -2.17. The molecule has 0 aliphatic rings. The average molecular weight is 275 g/mol. The summed E-state index contributed by atoms with van der Waals surface area (Å²) in [6.45, 7) is 4.98. The highest BCUT2D eigenvalue weighted by Crippen LogP contribution is 2.20. The van der Waals surface area contributed by atoms with Crippen molar-refractivity contribution in [1.82, 2.24) is 4.98 Å². The summed E-state index contributed by atoms with van der Waals surface area (Å²) < 4.78 is 0. The molecule has 0 spiro atoms. The number of nitrogens with zero attached hydrogens (tertiary/aromatic N) is 2. The molecule has 0 bridgehead atoms. The maximum absolute atomic E-state index is 6.02. The topological polar surface area (TPSA) is 42.1 Å². The Balaban J connectivity index is 2.05. The fourth-order valence-electron chi connectivity index (χ4n) is 2.03. The third-order valence-electron chi connectivity index (χ3n) is 3.27. The second-order valence-electron chi connectivity index (χ2n) is 4.82. The smallest absolute Gasteiger partial charge is 0.0898 e. The zero-order valence-corrected chi connectivity index (χ0v) is 12.6. The van der Waals surface area contributed by atoms with Gasteiger partial charge in [0.25, 0.3) is 0 Å². The number of thiazole rings is 1. The fourth-order valence-corrected chi connectivity index (χ4v) is 2.63. The minimum atomic E-state index is 0.139. The Hall–Kier alpha value is -1.39. The summed E-state index contributed by atoms with van der Waals surface area (Å²) in [4.78, 5) is 6.70. The van der Waals surface area contributed by atoms with E-state index in [-0.39, 0.29) is 6.04 Å². The fraction of sp³-hybridized carbons (Fsp3) is 0.400. The van der Waals surface area contributed by atoms with Crippen molar-refractivity contribution in [2.24, 2.45) is 5.73 Å². The maximum Gasteiger partial charge on any atom is 0.0898 e. The van der Waals surface area contributed by atoms with Crippen LogP contribution >= 0.6 is 11.3 Å². The quantitative estimate of drug-likeness (QED) is 0.908. The second kappa shape index (κ2) is 6.17. The number of anilines is 1. The van der Waals surface area contributed by atoms with Crippen molar-refractivity contribution >= 4 is 17.0 Å². The number of hydrogen-bond acceptors (Lipinski definition) is 4. The van der Waals surface area contributed by atoms with Gasteiger partial charge in [-0.3, -0.25) is 0 Å². The highest BCUT2D eigenvalue weighted by atomic mass is 32.1. The molecule has 0 aliphatic carbocycles. The molecule has 1 unspecified atom stereocenters. The van der Waals surface area contributed by atoms with Crippen LogP contribution in [0.1, 0.15) is 35.7 Å². The molecule has 0 amide bonds. The summed E-state index contributed by atoms with van der Waals surface area (Å²) >= 11 is 1.70. The summed E-state index contributed by atoms with van der Waals surface area (Å²) in [5.41, 5.74) is 9.54. The highest BCUT2D eigenvalue weighted by molar-refractivity contribution is 7.09. The first-order valence-electron chi connectivity index (χ1n) is 6.58. The van der Waals surface area contributed by atoms with Crippen LogP contribution < -0.4 is 10.6 Å². The van der Waals surface area contributed by atoms with Gasteiger partial charge in [0.05, 0.1) is 17.2 Å². The van der Waals surface area contributed by atoms with Crippen LogP contribution in [0.4, 0.5) is 5.69 Å². The van der Waals surface area contributed by atoms with E-state index in [0.717, 1.165) is 23.7 Å². The minimum Gasteiger partial charge on any atom is -0.369 e. The van der Waals surface area contributed by atoms with Crippen LogP contribution in [0.2, 0.25) is 0 Å². The Bertz CT molecular complexity index is 518. The summed E-state index contributed by atoms with van der Waals surface area (Å²) in [5, 5.41) is 3.24. The molecule has 1 atom stereocenters. The van der Waals surface area contributed by atoms with Gasteiger partial charge in [-0.15, -0.1) is 11.3 Å². The molecule has 19 heavy (non-hydrogen) atoms. The molecule has 1 aromatic heterocycles. The number of nitrogens with two attached hydrogens (primary N) is 1. The van der Waals surface area contributed by atoms with Gasteiger partial charge in [0, 0.05) is 24.2 Å². The Morgan fingerprint density at radius 1 is 1.32 bits per heavy atom. The SMILES string of the molecule is CCC(N)c1ccc(N(C)Cc2csc(C)n2)cc1. The standard InChI is InChI=1S/C15H21N3S/c1-4-15(16)12-5-7-14(8-6-12)18(3)9-13-10-19-11(2)17-13/h5-8,10,15H,4,9,16H2,1-3H3. The zero-order valence-electron chi connectivity index (χ0n) is 11.8. The van der Waals surface area contributed by atoms with Gasteiger partial charge in [-0.1, -0.05) is 19.1 Å². The van der Waals surface area contributed by atoms with E-state index >= 15 is 0 Å². The van der Waals surface area contributed by atoms with Crippen molar-refractivity contribution in [3.05, 3.63) is 45.9 Å². The van der Waals surface area contributed by atoms with Gasteiger partial charge in [-0.05, 0) is 31.0 Å². The number of rotatable bonds is 5. The number of hydrogen-bond donors (Lipinski definition) is 1. The van der Waals surface area contributed by atoms with Gasteiger partial charge >= 0.3 is 0 Å². The van der Waals surface area contributed by atoms with Crippen molar-refractivity contribution in [3.8, 4) is 0 Å². The first-order valence-corrected chi connectivity index (χ1v) is 7.45. The van der Waals surface area contributed by atoms with E-state index in [1.807, 2.05) is 6.92 Å². The molecule has 0 aliphatic heterocycles. The molecule has 0 saturated carbocycles. The third-order valence-corrected chi connectivity index (χ3v) is 4.09. The van der Waals surface area contributed by atoms with E-state index in [9.17, 15) is 0 Å². The minimum absolute atomic E-state index is 0.139. The third kappa shape index (κ3) is 3.55. The van der Waals surface area contributed by atoms with E-state index in [2.05, 4.69) is 53.5 Å². The molecule has 1 aromatic carbocycles. The highest BCUT2D eigenvalue weighted by Gasteiger charge is 2.07. The van der Waals surface area contributed by atoms with Crippen LogP contribution in [-0.4, -0.2) is 12.0 Å². The molecule has 0 radical (unpaired) electrons. The van der Waals surface area contributed by atoms with E-state index in [0.29, 0.717) is 0 Å². The first kappa shape index (κ1) is 14.0. The molecule has 0 saturated heterocycles. The largest absolute Gasteiger partial charge is 0.369 e. The average Bonchev–Trinajstić information content (AvgIpc) is 2.83. The molecule has 2 N–H and O–H groups in total. The Labute approximate surface area is 119 Å². The van der Waals surface area contributed by atoms with E-state index in [1.165, 1.54) is 11.3 Å². The van der Waals surface area contributed by atoms with Gasteiger partial charge in [0.15, 0.2) is 0 Å². The summed E-state index contributed by atoms with van der Waals surface area (Å²) in [6, 6.07) is 8.63. The molecule has 2 aromatic rings. The lowest BCUT2D eigenvalue weighted by atomic mass is 10.1. The summed E-state index contributed by atoms with van der Waals surface area (Å²) in [7, 11) is 2.09. The van der Waals surface area contributed by atoms with Crippen molar-refractivity contribution in [1.29, 1.82) is 0 Å². The molecule has 102 valence electrons. The van der Waals surface area contributed by atoms with Crippen LogP contribution in [0.3, 0.4) is 0 Å². The molecular weight excluding hydrogens is 254 g/mol. The van der Waals surface area contributed by atoms with Gasteiger partial charge in [0.1, 0.15) is 0 Å². The summed E-state index contributed by atoms with van der Waals surface area (Å²) in [6.07, 6.45) is 0.966. The summed E-state index contributed by atoms with van der Waals surface area (Å²) in [5.74, 6) is 0. The van der Waals surface area contributed by atoms with Crippen molar-refractivity contribution in [2.75, 3.05) is 11.9 Å². The predicted molar refractivity (Wildman–Crippen MR) is 82.6 cm³/mol. The Morgan fingerprint density at radius 2 is 2.00 bits per heavy atom. The number of benzene rings is 1. The van der Waals surface area contributed by atoms with Crippen LogP contribution in [0.25, 0.3) is 0 Å². The van der Waals surface area contributed by atoms with Crippen molar-refractivity contribution in [2.45, 2.75) is 32.9 Å². The normalized spacial score (nSPS) is 12.4. The maximum atomic E-state index is 6.02. The van der Waals surface area contributed by atoms with Crippen LogP contribution in [0.5, 0.6) is 0 Å². The lowest BCUT2D eigenvalue weighted by Gasteiger charge is -2.19. The van der Waals surface area contributed by atoms with Crippen molar-refractivity contribution in [3.63, 3.8) is 0 Å². The molecule has 2 rings (SSSR count). The number of aryl methyl sites for hydroxylation is 1. The first-order chi connectivity index (χ1) is 9.10. The van der Waals surface area contributed by atoms with Gasteiger partial charge < -0.3 is 10.6 Å². The molecular formula is C15H21N3S. The monoisotopic (exact) mass is 275 g/mol. The lowest BCUT2D eigenvalue weighted by molar-refractivity contribution is 0.698. The molecule has 1 heterocycles. The Kier molecular flexibility index (Phi) is 4.56. The molecule has 0 fully saturated rings. The van der Waals surface area contributed by atoms with Gasteiger partial charge in [-0.2, -0.15) is 0 Å². The zero-order chi connectivity index (χ0) is 13.8. The van der Waals surface area contributed by atoms with Crippen LogP contribution in [0, 0.1) is 6.92 Å². The van der Waals surface area contributed by atoms with Crippen LogP contribution in [0.15, 0.2) is 29.6 Å². The molecule has 4 heteroatoms.